The van der Waals surface area contributed by atoms with Gasteiger partial charge in [-0.3, -0.25) is 19.3 Å². The van der Waals surface area contributed by atoms with Gasteiger partial charge in [0.1, 0.15) is 5.65 Å². The molecular formula is C21H18ClN5O. The van der Waals surface area contributed by atoms with Gasteiger partial charge in [0.25, 0.3) is 5.56 Å². The van der Waals surface area contributed by atoms with Crippen molar-refractivity contribution in [2.75, 3.05) is 0 Å². The van der Waals surface area contributed by atoms with Gasteiger partial charge in [0.05, 0.1) is 11.4 Å². The Hall–Kier alpha value is -3.12. The minimum atomic E-state index is -0.101. The third-order valence-corrected chi connectivity index (χ3v) is 4.97. The summed E-state index contributed by atoms with van der Waals surface area (Å²) < 4.78 is 1.62. The van der Waals surface area contributed by atoms with Gasteiger partial charge in [-0.1, -0.05) is 12.1 Å². The lowest BCUT2D eigenvalue weighted by Gasteiger charge is -2.13. The predicted octanol–water partition coefficient (Wildman–Crippen LogP) is 4.21. The lowest BCUT2D eigenvalue weighted by molar-refractivity contribution is 0.750. The molecule has 140 valence electrons. The Morgan fingerprint density at radius 1 is 1.04 bits per heavy atom. The number of rotatable bonds is 3. The van der Waals surface area contributed by atoms with E-state index in [0.29, 0.717) is 17.8 Å². The van der Waals surface area contributed by atoms with Crippen LogP contribution in [0.5, 0.6) is 0 Å². The molecule has 0 bridgehead atoms. The Kier molecular flexibility index (Phi) is 4.65. The van der Waals surface area contributed by atoms with E-state index in [1.165, 1.54) is 0 Å². The maximum absolute atomic E-state index is 13.1. The predicted molar refractivity (Wildman–Crippen MR) is 110 cm³/mol. The van der Waals surface area contributed by atoms with E-state index in [1.807, 2.05) is 45.0 Å². The van der Waals surface area contributed by atoms with E-state index in [1.54, 1.807) is 23.2 Å². The average Bonchev–Trinajstić information content (AvgIpc) is 2.68. The largest absolute Gasteiger partial charge is 0.292 e. The molecule has 4 rings (SSSR count). The van der Waals surface area contributed by atoms with Crippen molar-refractivity contribution in [1.82, 2.24) is 24.5 Å². The summed E-state index contributed by atoms with van der Waals surface area (Å²) in [4.78, 5) is 30.1. The zero-order valence-corrected chi connectivity index (χ0v) is 16.5. The number of aromatic nitrogens is 5. The lowest BCUT2D eigenvalue weighted by atomic mass is 9.97. The molecule has 0 aliphatic rings. The van der Waals surface area contributed by atoms with Gasteiger partial charge in [-0.05, 0) is 55.6 Å². The van der Waals surface area contributed by atoms with Gasteiger partial charge in [-0.15, -0.1) is 0 Å². The van der Waals surface area contributed by atoms with Crippen molar-refractivity contribution in [3.05, 3.63) is 69.8 Å². The lowest BCUT2D eigenvalue weighted by Crippen LogP contribution is -2.22. The third-order valence-electron chi connectivity index (χ3n) is 4.79. The molecule has 3 heterocycles. The molecule has 0 spiro atoms. The molecule has 6 nitrogen and oxygen atoms in total. The molecule has 0 saturated heterocycles. The van der Waals surface area contributed by atoms with Gasteiger partial charge in [0.15, 0.2) is 0 Å². The number of hydrogen-bond acceptors (Lipinski definition) is 5. The quantitative estimate of drug-likeness (QED) is 0.489. The fourth-order valence-electron chi connectivity index (χ4n) is 3.43. The minimum Gasteiger partial charge on any atom is -0.292 e. The summed E-state index contributed by atoms with van der Waals surface area (Å²) >= 11 is 5.92. The summed E-state index contributed by atoms with van der Waals surface area (Å²) in [6.45, 7) is 6.32. The number of pyridine rings is 1. The van der Waals surface area contributed by atoms with E-state index in [-0.39, 0.29) is 10.8 Å². The highest BCUT2D eigenvalue weighted by molar-refractivity contribution is 6.28. The van der Waals surface area contributed by atoms with Gasteiger partial charge in [0.2, 0.25) is 5.28 Å². The summed E-state index contributed by atoms with van der Waals surface area (Å²) in [7, 11) is 0. The molecule has 1 aromatic carbocycles. The van der Waals surface area contributed by atoms with Crippen molar-refractivity contribution in [1.29, 1.82) is 0 Å². The molecule has 0 fully saturated rings. The van der Waals surface area contributed by atoms with E-state index < -0.39 is 0 Å². The highest BCUT2D eigenvalue weighted by Crippen LogP contribution is 2.28. The van der Waals surface area contributed by atoms with Crippen LogP contribution in [0.2, 0.25) is 5.28 Å². The van der Waals surface area contributed by atoms with Crippen LogP contribution >= 0.6 is 11.6 Å². The van der Waals surface area contributed by atoms with Gasteiger partial charge in [-0.2, -0.15) is 4.98 Å². The van der Waals surface area contributed by atoms with Crippen LogP contribution in [-0.2, 0) is 6.54 Å². The first-order chi connectivity index (χ1) is 13.5. The van der Waals surface area contributed by atoms with Crippen molar-refractivity contribution in [2.24, 2.45) is 0 Å². The maximum Gasteiger partial charge on any atom is 0.260 e. The van der Waals surface area contributed by atoms with Gasteiger partial charge >= 0.3 is 0 Å². The summed E-state index contributed by atoms with van der Waals surface area (Å²) in [5.41, 5.74) is 5.58. The Labute approximate surface area is 166 Å². The fraction of sp³-hybridized carbons (Fsp3) is 0.190. The molecule has 0 aliphatic carbocycles. The topological polar surface area (TPSA) is 73.6 Å². The molecule has 0 radical (unpaired) electrons. The van der Waals surface area contributed by atoms with E-state index in [0.717, 1.165) is 33.5 Å². The monoisotopic (exact) mass is 391 g/mol. The fourth-order valence-corrected chi connectivity index (χ4v) is 3.56. The highest BCUT2D eigenvalue weighted by Gasteiger charge is 2.15. The van der Waals surface area contributed by atoms with Crippen LogP contribution in [-0.4, -0.2) is 24.5 Å². The molecule has 0 atom stereocenters. The highest BCUT2D eigenvalue weighted by atomic mass is 35.5. The molecule has 28 heavy (non-hydrogen) atoms. The van der Waals surface area contributed by atoms with Gasteiger partial charge < -0.3 is 0 Å². The molecule has 4 aromatic rings. The molecule has 0 unspecified atom stereocenters. The van der Waals surface area contributed by atoms with E-state index >= 15 is 0 Å². The second kappa shape index (κ2) is 7.13. The zero-order chi connectivity index (χ0) is 19.8. The number of nitrogens with zero attached hydrogens (tertiary/aromatic N) is 5. The van der Waals surface area contributed by atoms with Crippen LogP contribution in [0.1, 0.15) is 18.2 Å². The smallest absolute Gasteiger partial charge is 0.260 e. The number of fused-ring (bicyclic) bond motifs is 1. The average molecular weight is 392 g/mol. The van der Waals surface area contributed by atoms with E-state index in [4.69, 9.17) is 11.6 Å². The van der Waals surface area contributed by atoms with Crippen molar-refractivity contribution in [3.8, 4) is 22.4 Å². The molecule has 0 amide bonds. The standard InChI is InChI=1S/C21H18ClN5O/c1-4-27-19-15(11-25-21(22)26-19)10-17(20(27)28)16-6-5-14(9-12(16)2)18-13(3)23-7-8-24-18/h5-11H,4H2,1-3H3. The summed E-state index contributed by atoms with van der Waals surface area (Å²) in [6, 6.07) is 7.79. The van der Waals surface area contributed by atoms with Crippen LogP contribution in [0.4, 0.5) is 0 Å². The summed E-state index contributed by atoms with van der Waals surface area (Å²) in [5, 5.41) is 0.899. The van der Waals surface area contributed by atoms with E-state index in [9.17, 15) is 4.79 Å². The van der Waals surface area contributed by atoms with Crippen molar-refractivity contribution in [3.63, 3.8) is 0 Å². The Balaban J connectivity index is 1.91. The van der Waals surface area contributed by atoms with Crippen molar-refractivity contribution in [2.45, 2.75) is 27.3 Å². The van der Waals surface area contributed by atoms with Crippen LogP contribution in [0.15, 0.2) is 47.7 Å². The Morgan fingerprint density at radius 2 is 1.82 bits per heavy atom. The van der Waals surface area contributed by atoms with Crippen molar-refractivity contribution < 1.29 is 0 Å². The Morgan fingerprint density at radius 3 is 2.54 bits per heavy atom. The minimum absolute atomic E-state index is 0.101. The van der Waals surface area contributed by atoms with Crippen LogP contribution < -0.4 is 5.56 Å². The molecular weight excluding hydrogens is 374 g/mol. The Bertz CT molecular complexity index is 1270. The van der Waals surface area contributed by atoms with Crippen LogP contribution in [0.3, 0.4) is 0 Å². The second-order valence-electron chi connectivity index (χ2n) is 6.55. The molecule has 0 N–H and O–H groups in total. The van der Waals surface area contributed by atoms with Gasteiger partial charge in [-0.25, -0.2) is 4.98 Å². The van der Waals surface area contributed by atoms with Gasteiger partial charge in [0, 0.05) is 41.6 Å². The first-order valence-corrected chi connectivity index (χ1v) is 9.32. The summed E-state index contributed by atoms with van der Waals surface area (Å²) in [6.07, 6.45) is 5.00. The number of halogens is 1. The van der Waals surface area contributed by atoms with Crippen LogP contribution in [0.25, 0.3) is 33.4 Å². The third kappa shape index (κ3) is 3.05. The number of aryl methyl sites for hydroxylation is 3. The maximum atomic E-state index is 13.1. The first-order valence-electron chi connectivity index (χ1n) is 8.94. The SMILES string of the molecule is CCn1c(=O)c(-c2ccc(-c3nccnc3C)cc2C)cc2cnc(Cl)nc21. The zero-order valence-electron chi connectivity index (χ0n) is 15.8. The molecule has 0 saturated carbocycles. The first kappa shape index (κ1) is 18.3. The molecule has 0 aliphatic heterocycles. The molecule has 3 aromatic heterocycles. The number of hydrogen-bond donors (Lipinski definition) is 0. The van der Waals surface area contributed by atoms with E-state index in [2.05, 4.69) is 19.9 Å². The normalized spacial score (nSPS) is 11.1. The van der Waals surface area contributed by atoms with Crippen LogP contribution in [0, 0.1) is 13.8 Å². The second-order valence-corrected chi connectivity index (χ2v) is 6.88. The summed E-state index contributed by atoms with van der Waals surface area (Å²) in [5.74, 6) is 0. The molecule has 7 heteroatoms. The number of benzene rings is 1. The van der Waals surface area contributed by atoms with Crippen molar-refractivity contribution >= 4 is 22.6 Å².